The maximum Gasteiger partial charge on any atom is 0.277 e. The molecule has 31 heavy (non-hydrogen) atoms. The monoisotopic (exact) mass is 426 g/mol. The summed E-state index contributed by atoms with van der Waals surface area (Å²) in [6.07, 6.45) is 1.32. The van der Waals surface area contributed by atoms with Crippen LogP contribution in [0.2, 0.25) is 0 Å². The zero-order valence-corrected chi connectivity index (χ0v) is 17.3. The van der Waals surface area contributed by atoms with Crippen molar-refractivity contribution in [2.24, 2.45) is 0 Å². The highest BCUT2D eigenvalue weighted by Gasteiger charge is 2.20. The molecule has 1 aliphatic heterocycles. The summed E-state index contributed by atoms with van der Waals surface area (Å²) in [7, 11) is 0. The van der Waals surface area contributed by atoms with Crippen molar-refractivity contribution in [2.75, 3.05) is 31.5 Å². The molecule has 0 atom stereocenters. The summed E-state index contributed by atoms with van der Waals surface area (Å²) >= 11 is 0. The zero-order valence-electron chi connectivity index (χ0n) is 17.3. The van der Waals surface area contributed by atoms with Crippen molar-refractivity contribution in [2.45, 2.75) is 20.0 Å². The molecule has 0 spiro atoms. The Bertz CT molecular complexity index is 1040. The van der Waals surface area contributed by atoms with Crippen molar-refractivity contribution in [3.05, 3.63) is 83.1 Å². The normalized spacial score (nSPS) is 15.2. The lowest BCUT2D eigenvalue weighted by atomic mass is 10.2. The highest BCUT2D eigenvalue weighted by molar-refractivity contribution is 6.02. The molecule has 0 radical (unpaired) electrons. The van der Waals surface area contributed by atoms with E-state index in [0.29, 0.717) is 23.7 Å². The molecule has 1 aliphatic rings. The van der Waals surface area contributed by atoms with Crippen LogP contribution in [0.4, 0.5) is 14.5 Å². The van der Waals surface area contributed by atoms with E-state index in [9.17, 15) is 13.6 Å². The number of anilines is 1. The molecule has 162 valence electrons. The fraction of sp³-hybridized carbons (Fsp3) is 0.304. The largest absolute Gasteiger partial charge is 0.447 e. The summed E-state index contributed by atoms with van der Waals surface area (Å²) in [5, 5.41) is 2.63. The topological polar surface area (TPSA) is 61.6 Å². The fourth-order valence-corrected chi connectivity index (χ4v) is 3.50. The van der Waals surface area contributed by atoms with Crippen LogP contribution in [0, 0.1) is 18.6 Å². The van der Waals surface area contributed by atoms with Gasteiger partial charge in [0.05, 0.1) is 6.54 Å². The molecule has 2 aromatic carbocycles. The van der Waals surface area contributed by atoms with Gasteiger partial charge in [-0.3, -0.25) is 14.6 Å². The average Bonchev–Trinajstić information content (AvgIpc) is 3.22. The lowest BCUT2D eigenvalue weighted by molar-refractivity contribution is 0.102. The molecule has 0 saturated carbocycles. The summed E-state index contributed by atoms with van der Waals surface area (Å²) in [6, 6.07) is 11.1. The third-order valence-corrected chi connectivity index (χ3v) is 5.36. The zero-order chi connectivity index (χ0) is 21.8. The number of nitrogens with zero attached hydrogens (tertiary/aromatic N) is 3. The predicted molar refractivity (Wildman–Crippen MR) is 113 cm³/mol. The van der Waals surface area contributed by atoms with Crippen LogP contribution in [0.25, 0.3) is 0 Å². The van der Waals surface area contributed by atoms with Gasteiger partial charge in [0.15, 0.2) is 5.69 Å². The Labute approximate surface area is 179 Å². The molecule has 1 fully saturated rings. The molecule has 8 heteroatoms. The molecule has 1 aromatic heterocycles. The number of aryl methyl sites for hydroxylation is 1. The SMILES string of the molecule is Cc1ccc(NC(=O)c2coc(CN3CCN(Cc4ccc(F)cc4)CC3)n2)cc1F. The second-order valence-corrected chi connectivity index (χ2v) is 7.72. The maximum atomic E-state index is 13.7. The van der Waals surface area contributed by atoms with Crippen molar-refractivity contribution in [1.29, 1.82) is 0 Å². The Balaban J connectivity index is 1.26. The van der Waals surface area contributed by atoms with E-state index in [-0.39, 0.29) is 17.3 Å². The lowest BCUT2D eigenvalue weighted by Crippen LogP contribution is -2.45. The number of aromatic nitrogens is 1. The fourth-order valence-electron chi connectivity index (χ4n) is 3.50. The Morgan fingerprint density at radius 3 is 2.39 bits per heavy atom. The van der Waals surface area contributed by atoms with Gasteiger partial charge in [0.2, 0.25) is 5.89 Å². The van der Waals surface area contributed by atoms with Gasteiger partial charge >= 0.3 is 0 Å². The van der Waals surface area contributed by atoms with Crippen molar-refractivity contribution in [3.8, 4) is 0 Å². The number of hydrogen-bond acceptors (Lipinski definition) is 5. The highest BCUT2D eigenvalue weighted by atomic mass is 19.1. The molecule has 1 amide bonds. The van der Waals surface area contributed by atoms with Gasteiger partial charge in [-0.05, 0) is 42.3 Å². The van der Waals surface area contributed by atoms with Gasteiger partial charge in [-0.25, -0.2) is 13.8 Å². The van der Waals surface area contributed by atoms with Crippen LogP contribution in [-0.4, -0.2) is 46.9 Å². The Hall–Kier alpha value is -3.10. The molecular weight excluding hydrogens is 402 g/mol. The second kappa shape index (κ2) is 9.36. The smallest absolute Gasteiger partial charge is 0.277 e. The minimum Gasteiger partial charge on any atom is -0.447 e. The first kappa shape index (κ1) is 21.1. The minimum atomic E-state index is -0.442. The van der Waals surface area contributed by atoms with E-state index in [0.717, 1.165) is 38.3 Å². The van der Waals surface area contributed by atoms with Gasteiger partial charge in [0.1, 0.15) is 17.9 Å². The Morgan fingerprint density at radius 2 is 1.71 bits per heavy atom. The maximum absolute atomic E-state index is 13.7. The number of halogens is 2. The first-order valence-corrected chi connectivity index (χ1v) is 10.2. The number of oxazole rings is 1. The number of hydrogen-bond donors (Lipinski definition) is 1. The quantitative estimate of drug-likeness (QED) is 0.649. The first-order chi connectivity index (χ1) is 15.0. The molecule has 1 N–H and O–H groups in total. The van der Waals surface area contributed by atoms with Crippen LogP contribution in [0.15, 0.2) is 53.1 Å². The summed E-state index contributed by atoms with van der Waals surface area (Å²) in [4.78, 5) is 21.2. The minimum absolute atomic E-state index is 0.158. The van der Waals surface area contributed by atoms with Gasteiger partial charge in [-0.15, -0.1) is 0 Å². The van der Waals surface area contributed by atoms with Crippen molar-refractivity contribution >= 4 is 11.6 Å². The molecule has 0 unspecified atom stereocenters. The van der Waals surface area contributed by atoms with Crippen LogP contribution in [0.5, 0.6) is 0 Å². The van der Waals surface area contributed by atoms with Crippen molar-refractivity contribution in [1.82, 2.24) is 14.8 Å². The van der Waals surface area contributed by atoms with Crippen LogP contribution in [0.3, 0.4) is 0 Å². The molecule has 0 bridgehead atoms. The molecule has 0 aliphatic carbocycles. The molecule has 4 rings (SSSR count). The van der Waals surface area contributed by atoms with Crippen LogP contribution >= 0.6 is 0 Å². The molecule has 1 saturated heterocycles. The van der Waals surface area contributed by atoms with E-state index in [4.69, 9.17) is 4.42 Å². The summed E-state index contributed by atoms with van der Waals surface area (Å²) in [5.41, 5.74) is 2.13. The Morgan fingerprint density at radius 1 is 1.03 bits per heavy atom. The lowest BCUT2D eigenvalue weighted by Gasteiger charge is -2.34. The van der Waals surface area contributed by atoms with E-state index in [2.05, 4.69) is 20.1 Å². The summed E-state index contributed by atoms with van der Waals surface area (Å²) in [6.45, 7) is 6.40. The molecule has 3 aromatic rings. The third kappa shape index (κ3) is 5.53. The average molecular weight is 426 g/mol. The molecular formula is C23H24F2N4O2. The van der Waals surface area contributed by atoms with Crippen molar-refractivity contribution in [3.63, 3.8) is 0 Å². The van der Waals surface area contributed by atoms with E-state index in [1.807, 2.05) is 12.1 Å². The second-order valence-electron chi connectivity index (χ2n) is 7.72. The highest BCUT2D eigenvalue weighted by Crippen LogP contribution is 2.16. The molecule has 6 nitrogen and oxygen atoms in total. The van der Waals surface area contributed by atoms with E-state index in [1.165, 1.54) is 24.5 Å². The number of carbonyl (C=O) groups excluding carboxylic acids is 1. The number of amides is 1. The Kier molecular flexibility index (Phi) is 6.39. The number of rotatable bonds is 6. The van der Waals surface area contributed by atoms with E-state index < -0.39 is 5.91 Å². The van der Waals surface area contributed by atoms with E-state index in [1.54, 1.807) is 19.1 Å². The number of piperazine rings is 1. The van der Waals surface area contributed by atoms with Gasteiger partial charge < -0.3 is 9.73 Å². The van der Waals surface area contributed by atoms with Gasteiger partial charge in [-0.2, -0.15) is 0 Å². The number of nitrogens with one attached hydrogen (secondary N) is 1. The van der Waals surface area contributed by atoms with Crippen LogP contribution < -0.4 is 5.32 Å². The summed E-state index contributed by atoms with van der Waals surface area (Å²) in [5.74, 6) is -0.578. The third-order valence-electron chi connectivity index (χ3n) is 5.36. The summed E-state index contributed by atoms with van der Waals surface area (Å²) < 4.78 is 32.2. The van der Waals surface area contributed by atoms with Gasteiger partial charge in [0, 0.05) is 38.4 Å². The van der Waals surface area contributed by atoms with Crippen LogP contribution in [0.1, 0.15) is 27.5 Å². The predicted octanol–water partition coefficient (Wildman–Crippen LogP) is 3.83. The number of benzene rings is 2. The first-order valence-electron chi connectivity index (χ1n) is 10.2. The van der Waals surface area contributed by atoms with Gasteiger partial charge in [0.25, 0.3) is 5.91 Å². The molecule has 2 heterocycles. The van der Waals surface area contributed by atoms with E-state index >= 15 is 0 Å². The van der Waals surface area contributed by atoms with Gasteiger partial charge in [-0.1, -0.05) is 18.2 Å². The van der Waals surface area contributed by atoms with Crippen LogP contribution in [-0.2, 0) is 13.1 Å². The number of carbonyl (C=O) groups is 1. The standard InChI is InChI=1S/C23H24F2N4O2/c1-16-2-7-19(12-20(16)25)26-23(30)21-15-31-22(27-21)14-29-10-8-28(9-11-29)13-17-3-5-18(24)6-4-17/h2-7,12,15H,8-11,13-14H2,1H3,(H,26,30). The van der Waals surface area contributed by atoms with Crippen molar-refractivity contribution < 1.29 is 18.0 Å².